The molecule has 11 rings (SSSR count). The van der Waals surface area contributed by atoms with E-state index in [0.29, 0.717) is 16.7 Å². The molecule has 0 saturated heterocycles. The molecule has 0 bridgehead atoms. The lowest BCUT2D eigenvalue weighted by molar-refractivity contribution is 1.15. The minimum Gasteiger partial charge on any atom is -0.309 e. The lowest BCUT2D eigenvalue weighted by Gasteiger charge is -2.18. The van der Waals surface area contributed by atoms with Crippen molar-refractivity contribution in [1.29, 1.82) is 15.8 Å². The Bertz CT molecular complexity index is 3750. The van der Waals surface area contributed by atoms with E-state index in [1.54, 1.807) is 0 Å². The topological polar surface area (TPSA) is 94.1 Å². The van der Waals surface area contributed by atoms with Gasteiger partial charge in [-0.1, -0.05) is 97.1 Å². The number of aromatic nitrogens is 3. The highest BCUT2D eigenvalue weighted by atomic mass is 15.0. The van der Waals surface area contributed by atoms with Gasteiger partial charge in [0.2, 0.25) is 0 Å². The lowest BCUT2D eigenvalue weighted by Crippen LogP contribution is -2.01. The largest absolute Gasteiger partial charge is 0.309 e. The molecule has 0 aliphatic rings. The molecular weight excluding hydrogens is 757 g/mol. The second-order valence-corrected chi connectivity index (χ2v) is 15.3. The van der Waals surface area contributed by atoms with Crippen LogP contribution in [0.2, 0.25) is 0 Å². The van der Waals surface area contributed by atoms with Gasteiger partial charge in [-0.05, 0) is 113 Å². The van der Waals surface area contributed by atoms with Crippen LogP contribution in [0.25, 0.3) is 99.5 Å². The Morgan fingerprint density at radius 3 is 1.47 bits per heavy atom. The number of fused-ring (bicyclic) bond motifs is 6. The quantitative estimate of drug-likeness (QED) is 0.168. The molecule has 0 spiro atoms. The van der Waals surface area contributed by atoms with Gasteiger partial charge in [-0.3, -0.25) is 4.98 Å². The minimum absolute atomic E-state index is 0.580. The second-order valence-electron chi connectivity index (χ2n) is 15.3. The molecule has 0 N–H and O–H groups in total. The van der Waals surface area contributed by atoms with Crippen molar-refractivity contribution in [2.45, 2.75) is 0 Å². The summed E-state index contributed by atoms with van der Waals surface area (Å²) in [7, 11) is 0. The maximum absolute atomic E-state index is 10.5. The zero-order chi connectivity index (χ0) is 41.7. The van der Waals surface area contributed by atoms with Crippen LogP contribution in [-0.2, 0) is 0 Å². The van der Waals surface area contributed by atoms with Crippen molar-refractivity contribution in [3.8, 4) is 74.1 Å². The van der Waals surface area contributed by atoms with Gasteiger partial charge in [0.25, 0.3) is 0 Å². The Hall–Kier alpha value is -9.02. The van der Waals surface area contributed by atoms with Crippen molar-refractivity contribution < 1.29 is 0 Å². The van der Waals surface area contributed by atoms with Crippen LogP contribution in [0.3, 0.4) is 0 Å². The highest BCUT2D eigenvalue weighted by Gasteiger charge is 2.21. The maximum Gasteiger partial charge on any atom is 0.0998 e. The van der Waals surface area contributed by atoms with Gasteiger partial charge in [-0.25, -0.2) is 0 Å². The molecular formula is C56H32N6. The van der Waals surface area contributed by atoms with Crippen LogP contribution in [0.15, 0.2) is 194 Å². The fraction of sp³-hybridized carbons (Fsp3) is 0. The second kappa shape index (κ2) is 14.7. The molecule has 0 saturated carbocycles. The van der Waals surface area contributed by atoms with E-state index < -0.39 is 0 Å². The van der Waals surface area contributed by atoms with Crippen LogP contribution in [0, 0.1) is 34.0 Å². The molecule has 6 heteroatoms. The van der Waals surface area contributed by atoms with Crippen molar-refractivity contribution in [1.82, 2.24) is 14.1 Å². The molecule has 0 unspecified atom stereocenters. The van der Waals surface area contributed by atoms with Gasteiger partial charge in [-0.15, -0.1) is 0 Å². The predicted octanol–water partition coefficient (Wildman–Crippen LogP) is 13.6. The lowest BCUT2D eigenvalue weighted by atomic mass is 9.94. The smallest absolute Gasteiger partial charge is 0.0998 e. The molecule has 3 heterocycles. The number of hydrogen-bond acceptors (Lipinski definition) is 4. The summed E-state index contributed by atoms with van der Waals surface area (Å²) in [5.41, 5.74) is 15.6. The zero-order valence-electron chi connectivity index (χ0n) is 33.2. The molecule has 0 aliphatic carbocycles. The molecule has 3 aromatic heterocycles. The standard InChI is InChI=1S/C56H32N6/c57-32-36-9-7-12-38(27-36)40-19-22-54-48(29-40)45-15-3-5-17-51(45)61(54)53-24-21-42(31-47(53)44-14-2-1-11-43(44)34-59)50-35-60-26-25-56(50)62-52-18-6-4-16-46(52)49-30-41(20-23-55(49)62)39-13-8-10-37(28-39)33-58/h1-31,35H. The number of para-hydroxylation sites is 2. The summed E-state index contributed by atoms with van der Waals surface area (Å²) in [6.07, 6.45) is 3.76. The number of nitriles is 3. The molecule has 286 valence electrons. The predicted molar refractivity (Wildman–Crippen MR) is 249 cm³/mol. The minimum atomic E-state index is 0.580. The van der Waals surface area contributed by atoms with Crippen LogP contribution in [0.4, 0.5) is 0 Å². The van der Waals surface area contributed by atoms with Crippen molar-refractivity contribution >= 4 is 43.6 Å². The van der Waals surface area contributed by atoms with Gasteiger partial charge in [0.15, 0.2) is 0 Å². The maximum atomic E-state index is 10.5. The van der Waals surface area contributed by atoms with Crippen LogP contribution in [0.1, 0.15) is 16.7 Å². The first-order valence-electron chi connectivity index (χ1n) is 20.3. The first-order chi connectivity index (χ1) is 30.6. The third-order valence-electron chi connectivity index (χ3n) is 11.9. The zero-order valence-corrected chi connectivity index (χ0v) is 33.2. The van der Waals surface area contributed by atoms with Crippen molar-refractivity contribution in [3.05, 3.63) is 211 Å². The molecule has 0 aliphatic heterocycles. The summed E-state index contributed by atoms with van der Waals surface area (Å²) in [6.45, 7) is 0. The highest BCUT2D eigenvalue weighted by Crippen LogP contribution is 2.42. The summed E-state index contributed by atoms with van der Waals surface area (Å²) in [4.78, 5) is 4.68. The van der Waals surface area contributed by atoms with Gasteiger partial charge in [0.05, 0.1) is 68.3 Å². The average Bonchev–Trinajstić information content (AvgIpc) is 3.86. The van der Waals surface area contributed by atoms with E-state index in [4.69, 9.17) is 0 Å². The van der Waals surface area contributed by atoms with E-state index in [0.717, 1.165) is 99.5 Å². The highest BCUT2D eigenvalue weighted by molar-refractivity contribution is 6.12. The van der Waals surface area contributed by atoms with E-state index in [9.17, 15) is 15.8 Å². The van der Waals surface area contributed by atoms with Gasteiger partial charge >= 0.3 is 0 Å². The summed E-state index contributed by atoms with van der Waals surface area (Å²) < 4.78 is 4.61. The Labute approximate surface area is 357 Å². The van der Waals surface area contributed by atoms with Gasteiger partial charge < -0.3 is 9.13 Å². The summed E-state index contributed by atoms with van der Waals surface area (Å²) in [6, 6.07) is 68.7. The molecule has 0 radical (unpaired) electrons. The number of nitrogens with zero attached hydrogens (tertiary/aromatic N) is 6. The van der Waals surface area contributed by atoms with E-state index in [1.807, 2.05) is 85.2 Å². The van der Waals surface area contributed by atoms with E-state index in [1.165, 1.54) is 0 Å². The third-order valence-corrected chi connectivity index (χ3v) is 11.9. The SMILES string of the molecule is N#Cc1cccc(-c2ccc3c(c2)c2ccccc2n3-c2ccncc2-c2ccc(-n3c4ccccc4c4cc(-c5cccc(C#N)c5)ccc43)c(-c3ccccc3C#N)c2)c1. The van der Waals surface area contributed by atoms with E-state index in [2.05, 4.69) is 142 Å². The first-order valence-corrected chi connectivity index (χ1v) is 20.3. The third kappa shape index (κ3) is 5.82. The van der Waals surface area contributed by atoms with E-state index >= 15 is 0 Å². The summed E-state index contributed by atoms with van der Waals surface area (Å²) in [5, 5.41) is 34.1. The fourth-order valence-corrected chi connectivity index (χ4v) is 9.09. The number of hydrogen-bond donors (Lipinski definition) is 0. The first kappa shape index (κ1) is 36.1. The molecule has 0 amide bonds. The molecule has 0 fully saturated rings. The Kier molecular flexibility index (Phi) is 8.54. The summed E-state index contributed by atoms with van der Waals surface area (Å²) in [5.74, 6) is 0. The van der Waals surface area contributed by atoms with Crippen LogP contribution in [-0.4, -0.2) is 14.1 Å². The van der Waals surface area contributed by atoms with Crippen molar-refractivity contribution in [3.63, 3.8) is 0 Å². The van der Waals surface area contributed by atoms with Gasteiger partial charge in [0.1, 0.15) is 0 Å². The van der Waals surface area contributed by atoms with Crippen LogP contribution < -0.4 is 0 Å². The molecule has 11 aromatic rings. The van der Waals surface area contributed by atoms with Gasteiger partial charge in [0, 0.05) is 50.6 Å². The fourth-order valence-electron chi connectivity index (χ4n) is 9.09. The molecule has 62 heavy (non-hydrogen) atoms. The number of rotatable bonds is 6. The monoisotopic (exact) mass is 788 g/mol. The van der Waals surface area contributed by atoms with E-state index in [-0.39, 0.29) is 0 Å². The molecule has 6 nitrogen and oxygen atoms in total. The van der Waals surface area contributed by atoms with Crippen LogP contribution >= 0.6 is 0 Å². The Morgan fingerprint density at radius 1 is 0.355 bits per heavy atom. The normalized spacial score (nSPS) is 11.2. The number of pyridine rings is 1. The Balaban J connectivity index is 1.13. The Morgan fingerprint density at radius 2 is 0.871 bits per heavy atom. The number of benzene rings is 8. The van der Waals surface area contributed by atoms with Gasteiger partial charge in [-0.2, -0.15) is 15.8 Å². The van der Waals surface area contributed by atoms with Crippen molar-refractivity contribution in [2.24, 2.45) is 0 Å². The van der Waals surface area contributed by atoms with Crippen molar-refractivity contribution in [2.75, 3.05) is 0 Å². The summed E-state index contributed by atoms with van der Waals surface area (Å²) >= 11 is 0. The molecule has 8 aromatic carbocycles. The van der Waals surface area contributed by atoms with Crippen LogP contribution in [0.5, 0.6) is 0 Å². The molecule has 0 atom stereocenters. The average molecular weight is 789 g/mol.